The Bertz CT molecular complexity index is 696. The smallest absolute Gasteiger partial charge is 0.303 e. The largest absolute Gasteiger partial charge is 0.481 e. The van der Waals surface area contributed by atoms with Gasteiger partial charge >= 0.3 is 5.97 Å². The zero-order chi connectivity index (χ0) is 20.3. The molecule has 0 heterocycles. The zero-order valence-electron chi connectivity index (χ0n) is 16.6. The van der Waals surface area contributed by atoms with Crippen molar-refractivity contribution in [2.75, 3.05) is 0 Å². The molecule has 3 N–H and O–H groups in total. The lowest BCUT2D eigenvalue weighted by atomic mass is 10.2. The van der Waals surface area contributed by atoms with Crippen LogP contribution in [0.2, 0.25) is 0 Å². The molecule has 108 valence electrons. The van der Waals surface area contributed by atoms with E-state index in [1.807, 2.05) is 10.6 Å². The number of aliphatic carboxylic acids is 1. The van der Waals surface area contributed by atoms with Gasteiger partial charge in [0.15, 0.2) is 0 Å². The molecule has 0 fully saturated rings. The molecule has 1 aromatic rings. The molecule has 20 heavy (non-hydrogen) atoms. The van der Waals surface area contributed by atoms with Crippen LogP contribution in [-0.2, 0) is 20.9 Å². The summed E-state index contributed by atoms with van der Waals surface area (Å²) in [6, 6.07) is 6.21. The van der Waals surface area contributed by atoms with E-state index < -0.39 is 43.1 Å². The van der Waals surface area contributed by atoms with E-state index in [9.17, 15) is 14.4 Å². The monoisotopic (exact) mass is 284 g/mol. The quantitative estimate of drug-likeness (QED) is 0.686. The standard InChI is InChI=1S/C14H18N2O4/c1-10(16-12(17)7-8-13(18)19)14(20)15-9-11-5-3-2-4-6-11/h2-6,10H,7-9H2,1H3,(H,15,20)(H,16,17)(H,18,19)/t10-/m0/s1/i7D2,8D2,9D2. The van der Waals surface area contributed by atoms with Gasteiger partial charge in [0, 0.05) is 18.4 Å². The minimum Gasteiger partial charge on any atom is -0.481 e. The van der Waals surface area contributed by atoms with Gasteiger partial charge in [-0.1, -0.05) is 30.3 Å². The summed E-state index contributed by atoms with van der Waals surface area (Å²) in [5, 5.41) is 12.6. The molecule has 1 rings (SSSR count). The molecule has 0 aliphatic carbocycles. The van der Waals surface area contributed by atoms with E-state index in [1.165, 1.54) is 12.1 Å². The molecule has 1 aromatic carbocycles. The molecule has 0 spiro atoms. The molecule has 0 aromatic heterocycles. The van der Waals surface area contributed by atoms with Gasteiger partial charge in [0.1, 0.15) is 6.04 Å². The Kier molecular flexibility index (Phi) is 3.46. The number of hydrogen-bond donors (Lipinski definition) is 3. The van der Waals surface area contributed by atoms with Gasteiger partial charge in [-0.25, -0.2) is 0 Å². The first-order chi connectivity index (χ1) is 11.7. The first-order valence-corrected chi connectivity index (χ1v) is 5.65. The van der Waals surface area contributed by atoms with Crippen molar-refractivity contribution >= 4 is 17.8 Å². The molecule has 0 unspecified atom stereocenters. The van der Waals surface area contributed by atoms with Gasteiger partial charge in [-0.15, -0.1) is 0 Å². The molecule has 6 heteroatoms. The number of hydrogen-bond acceptors (Lipinski definition) is 3. The van der Waals surface area contributed by atoms with Crippen LogP contribution in [0, 0.1) is 0 Å². The van der Waals surface area contributed by atoms with Crippen LogP contribution in [0.5, 0.6) is 0 Å². The summed E-state index contributed by atoms with van der Waals surface area (Å²) in [5.74, 6) is -4.82. The van der Waals surface area contributed by atoms with Crippen LogP contribution in [0.4, 0.5) is 0 Å². The number of carbonyl (C=O) groups is 3. The molecule has 6 nitrogen and oxygen atoms in total. The average Bonchev–Trinajstić information content (AvgIpc) is 2.54. The Morgan fingerprint density at radius 2 is 1.90 bits per heavy atom. The molecule has 0 bridgehead atoms. The summed E-state index contributed by atoms with van der Waals surface area (Å²) in [7, 11) is 0. The third-order valence-electron chi connectivity index (χ3n) is 2.13. The summed E-state index contributed by atoms with van der Waals surface area (Å²) < 4.78 is 44.9. The fourth-order valence-corrected chi connectivity index (χ4v) is 1.17. The number of rotatable bonds is 7. The maximum atomic E-state index is 12.1. The van der Waals surface area contributed by atoms with E-state index in [-0.39, 0.29) is 5.56 Å². The van der Waals surface area contributed by atoms with Crippen LogP contribution in [0.15, 0.2) is 30.3 Å². The van der Waals surface area contributed by atoms with Gasteiger partial charge in [-0.05, 0) is 12.5 Å². The van der Waals surface area contributed by atoms with Crippen molar-refractivity contribution in [1.82, 2.24) is 10.6 Å². The van der Waals surface area contributed by atoms with Gasteiger partial charge < -0.3 is 15.7 Å². The van der Waals surface area contributed by atoms with Crippen molar-refractivity contribution in [3.8, 4) is 0 Å². The van der Waals surface area contributed by atoms with Crippen molar-refractivity contribution in [3.63, 3.8) is 0 Å². The van der Waals surface area contributed by atoms with Gasteiger partial charge in [0.05, 0.1) is 9.11 Å². The van der Waals surface area contributed by atoms with Gasteiger partial charge in [0.2, 0.25) is 11.8 Å². The van der Waals surface area contributed by atoms with Crippen LogP contribution in [0.1, 0.15) is 33.5 Å². The second-order valence-corrected chi connectivity index (χ2v) is 3.73. The van der Waals surface area contributed by atoms with Gasteiger partial charge in [0.25, 0.3) is 0 Å². The first kappa shape index (κ1) is 8.73. The number of carbonyl (C=O) groups excluding carboxylic acids is 2. The minimum atomic E-state index is -3.52. The Morgan fingerprint density at radius 1 is 1.25 bits per heavy atom. The average molecular weight is 284 g/mol. The van der Waals surface area contributed by atoms with E-state index in [1.54, 1.807) is 18.2 Å². The maximum absolute atomic E-state index is 12.1. The number of benzene rings is 1. The third-order valence-corrected chi connectivity index (χ3v) is 2.13. The highest BCUT2D eigenvalue weighted by atomic mass is 16.4. The van der Waals surface area contributed by atoms with Crippen molar-refractivity contribution in [1.29, 1.82) is 0 Å². The summed E-state index contributed by atoms with van der Waals surface area (Å²) in [5.41, 5.74) is 0.143. The molecular formula is C14H18N2O4. The molecular weight excluding hydrogens is 260 g/mol. The van der Waals surface area contributed by atoms with Crippen molar-refractivity contribution in [3.05, 3.63) is 35.9 Å². The highest BCUT2D eigenvalue weighted by Gasteiger charge is 2.15. The van der Waals surface area contributed by atoms with E-state index in [2.05, 4.69) is 0 Å². The predicted octanol–water partition coefficient (Wildman–Crippen LogP) is 0.672. The van der Waals surface area contributed by atoms with Crippen molar-refractivity contribution in [2.45, 2.75) is 32.2 Å². The molecule has 0 aliphatic rings. The van der Waals surface area contributed by atoms with Crippen LogP contribution < -0.4 is 10.6 Å². The van der Waals surface area contributed by atoms with E-state index in [4.69, 9.17) is 13.3 Å². The number of amides is 2. The second kappa shape index (κ2) is 7.93. The van der Waals surface area contributed by atoms with Crippen LogP contribution in [0.25, 0.3) is 0 Å². The van der Waals surface area contributed by atoms with Gasteiger partial charge in [-0.3, -0.25) is 14.4 Å². The topological polar surface area (TPSA) is 95.5 Å². The van der Waals surface area contributed by atoms with E-state index >= 15 is 0 Å². The molecule has 1 atom stereocenters. The minimum absolute atomic E-state index is 0.143. The van der Waals surface area contributed by atoms with Crippen LogP contribution in [-0.4, -0.2) is 28.9 Å². The lowest BCUT2D eigenvalue weighted by molar-refractivity contribution is -0.139. The maximum Gasteiger partial charge on any atom is 0.303 e. The van der Waals surface area contributed by atoms with Crippen molar-refractivity contribution < 1.29 is 27.7 Å². The Hall–Kier alpha value is -2.37. The summed E-state index contributed by atoms with van der Waals surface area (Å²) >= 11 is 0. The fraction of sp³-hybridized carbons (Fsp3) is 0.357. The first-order valence-electron chi connectivity index (χ1n) is 8.65. The number of nitrogens with one attached hydrogen (secondary N) is 2. The lowest BCUT2D eigenvalue weighted by Gasteiger charge is -2.13. The molecule has 0 saturated heterocycles. The van der Waals surface area contributed by atoms with Crippen LogP contribution >= 0.6 is 0 Å². The highest BCUT2D eigenvalue weighted by Crippen LogP contribution is 1.98. The normalized spacial score (nSPS) is 18.1. The van der Waals surface area contributed by atoms with Crippen LogP contribution in [0.3, 0.4) is 0 Å². The Morgan fingerprint density at radius 3 is 2.50 bits per heavy atom. The number of carboxylic acid groups (broad SMARTS) is 1. The summed E-state index contributed by atoms with van der Waals surface area (Å²) in [6.07, 6.45) is -6.97. The molecule has 2 amide bonds. The Balaban J connectivity index is 2.84. The molecule has 0 radical (unpaired) electrons. The third kappa shape index (κ3) is 5.99. The highest BCUT2D eigenvalue weighted by molar-refractivity contribution is 5.88. The molecule has 0 aliphatic heterocycles. The lowest BCUT2D eigenvalue weighted by Crippen LogP contribution is -2.44. The van der Waals surface area contributed by atoms with Gasteiger partial charge in [-0.2, -0.15) is 0 Å². The van der Waals surface area contributed by atoms with E-state index in [0.717, 1.165) is 6.92 Å². The summed E-state index contributed by atoms with van der Waals surface area (Å²) in [6.45, 7) is -1.15. The summed E-state index contributed by atoms with van der Waals surface area (Å²) in [4.78, 5) is 34.8. The SMILES string of the molecule is [2H]C([2H])(NC(=O)[C@H](C)NC(=O)C([2H])([2H])C([2H])([2H])C(=O)O)c1ccccc1. The van der Waals surface area contributed by atoms with Crippen molar-refractivity contribution in [2.24, 2.45) is 0 Å². The predicted molar refractivity (Wildman–Crippen MR) is 72.8 cm³/mol. The number of carboxylic acids is 1. The Labute approximate surface area is 125 Å². The fourth-order valence-electron chi connectivity index (χ4n) is 1.17. The van der Waals surface area contributed by atoms with E-state index in [0.29, 0.717) is 0 Å². The second-order valence-electron chi connectivity index (χ2n) is 3.73. The molecule has 0 saturated carbocycles. The zero-order valence-corrected chi connectivity index (χ0v) is 10.6.